The summed E-state index contributed by atoms with van der Waals surface area (Å²) in [7, 11) is 0. The second kappa shape index (κ2) is 10.3. The van der Waals surface area contributed by atoms with Crippen LogP contribution < -0.4 is 5.32 Å². The normalized spacial score (nSPS) is 22.1. The average Bonchev–Trinajstić information content (AvgIpc) is 2.55. The van der Waals surface area contributed by atoms with Crippen LogP contribution in [0.1, 0.15) is 43.6 Å². The lowest BCUT2D eigenvalue weighted by Gasteiger charge is -2.42. The molecule has 3 nitrogen and oxygen atoms in total. The Kier molecular flexibility index (Phi) is 9.57. The number of piperazine rings is 1. The van der Waals surface area contributed by atoms with Crippen molar-refractivity contribution in [2.24, 2.45) is 0 Å². The van der Waals surface area contributed by atoms with Crippen molar-refractivity contribution >= 4 is 40.7 Å². The predicted molar refractivity (Wildman–Crippen MR) is 109 cm³/mol. The summed E-state index contributed by atoms with van der Waals surface area (Å²) in [5.74, 6) is 0.221. The molecule has 0 amide bonds. The zero-order chi connectivity index (χ0) is 15.4. The second-order valence-electron chi connectivity index (χ2n) is 6.82. The Morgan fingerprint density at radius 3 is 2.21 bits per heavy atom. The summed E-state index contributed by atoms with van der Waals surface area (Å²) in [6.45, 7) is 5.27. The van der Waals surface area contributed by atoms with Crippen LogP contribution in [0.25, 0.3) is 0 Å². The molecule has 2 aliphatic rings. The molecular weight excluding hydrogens is 411 g/mol. The van der Waals surface area contributed by atoms with E-state index in [9.17, 15) is 5.11 Å². The lowest BCUT2D eigenvalue weighted by atomic mass is 9.72. The fourth-order valence-electron chi connectivity index (χ4n) is 3.95. The molecule has 1 aromatic carbocycles. The van der Waals surface area contributed by atoms with E-state index < -0.39 is 5.60 Å². The molecule has 1 saturated heterocycles. The number of aliphatic hydroxyl groups is 1. The molecule has 0 aromatic heterocycles. The molecule has 138 valence electrons. The first-order valence-corrected chi connectivity index (χ1v) is 9.38. The van der Waals surface area contributed by atoms with Crippen LogP contribution in [0.2, 0.25) is 0 Å². The van der Waals surface area contributed by atoms with Crippen LogP contribution in [0.15, 0.2) is 28.7 Å². The number of nitrogens with one attached hydrogen (secondary N) is 1. The molecule has 0 radical (unpaired) electrons. The Morgan fingerprint density at radius 2 is 1.62 bits per heavy atom. The smallest absolute Gasteiger partial charge is 0.0728 e. The summed E-state index contributed by atoms with van der Waals surface area (Å²) in [5.41, 5.74) is 0.753. The second-order valence-corrected chi connectivity index (χ2v) is 7.73. The number of nitrogens with zero attached hydrogens (tertiary/aromatic N) is 1. The van der Waals surface area contributed by atoms with Gasteiger partial charge in [-0.2, -0.15) is 0 Å². The van der Waals surface area contributed by atoms with Gasteiger partial charge in [0.15, 0.2) is 0 Å². The third-order valence-corrected chi connectivity index (χ3v) is 5.82. The highest BCUT2D eigenvalue weighted by Gasteiger charge is 2.39. The van der Waals surface area contributed by atoms with Gasteiger partial charge < -0.3 is 15.3 Å². The van der Waals surface area contributed by atoms with E-state index in [-0.39, 0.29) is 30.7 Å². The average molecular weight is 440 g/mol. The minimum absolute atomic E-state index is 0. The van der Waals surface area contributed by atoms with Gasteiger partial charge in [-0.25, -0.2) is 0 Å². The molecule has 1 aliphatic heterocycles. The minimum atomic E-state index is -0.531. The lowest BCUT2D eigenvalue weighted by molar-refractivity contribution is -0.0316. The van der Waals surface area contributed by atoms with E-state index in [0.29, 0.717) is 0 Å². The Morgan fingerprint density at radius 1 is 1.04 bits per heavy atom. The molecule has 1 heterocycles. The molecule has 3 rings (SSSR count). The van der Waals surface area contributed by atoms with Gasteiger partial charge in [-0.05, 0) is 30.5 Å². The summed E-state index contributed by atoms with van der Waals surface area (Å²) in [5, 5.41) is 14.7. The Hall–Kier alpha value is 0.160. The largest absolute Gasteiger partial charge is 0.389 e. The van der Waals surface area contributed by atoms with Crippen molar-refractivity contribution < 1.29 is 5.11 Å². The first kappa shape index (κ1) is 22.2. The van der Waals surface area contributed by atoms with E-state index in [1.165, 1.54) is 12.0 Å². The molecule has 1 aromatic rings. The summed E-state index contributed by atoms with van der Waals surface area (Å²) in [4.78, 5) is 2.51. The highest BCUT2D eigenvalue weighted by molar-refractivity contribution is 9.10. The van der Waals surface area contributed by atoms with E-state index in [1.807, 2.05) is 0 Å². The van der Waals surface area contributed by atoms with Gasteiger partial charge in [0.05, 0.1) is 5.60 Å². The van der Waals surface area contributed by atoms with Crippen LogP contribution in [0.4, 0.5) is 0 Å². The predicted octanol–water partition coefficient (Wildman–Crippen LogP) is 3.98. The van der Waals surface area contributed by atoms with Crippen molar-refractivity contribution in [1.29, 1.82) is 0 Å². The quantitative estimate of drug-likeness (QED) is 0.744. The number of halogens is 3. The highest BCUT2D eigenvalue weighted by Crippen LogP contribution is 2.40. The Labute approximate surface area is 166 Å². The van der Waals surface area contributed by atoms with Crippen molar-refractivity contribution in [3.05, 3.63) is 34.3 Å². The lowest BCUT2D eigenvalue weighted by Crippen LogP contribution is -2.49. The summed E-state index contributed by atoms with van der Waals surface area (Å²) >= 11 is 3.52. The molecule has 2 fully saturated rings. The molecule has 1 saturated carbocycles. The Bertz CT molecular complexity index is 474. The molecule has 6 heteroatoms. The summed E-state index contributed by atoms with van der Waals surface area (Å²) < 4.78 is 1.10. The topological polar surface area (TPSA) is 35.5 Å². The minimum Gasteiger partial charge on any atom is -0.389 e. The van der Waals surface area contributed by atoms with Crippen LogP contribution in [-0.2, 0) is 0 Å². The van der Waals surface area contributed by atoms with E-state index >= 15 is 0 Å². The van der Waals surface area contributed by atoms with Gasteiger partial charge in [0.2, 0.25) is 0 Å². The first-order valence-electron chi connectivity index (χ1n) is 8.58. The van der Waals surface area contributed by atoms with Crippen LogP contribution in [0, 0.1) is 0 Å². The maximum absolute atomic E-state index is 11.3. The third kappa shape index (κ3) is 5.58. The molecule has 1 unspecified atom stereocenters. The molecular formula is C18H29BrCl2N2O. The number of rotatable bonds is 4. The summed E-state index contributed by atoms with van der Waals surface area (Å²) in [6, 6.07) is 8.58. The van der Waals surface area contributed by atoms with Crippen molar-refractivity contribution in [2.75, 3.05) is 32.7 Å². The van der Waals surface area contributed by atoms with Gasteiger partial charge in [-0.1, -0.05) is 47.3 Å². The van der Waals surface area contributed by atoms with E-state index in [1.54, 1.807) is 0 Å². The highest BCUT2D eigenvalue weighted by atomic mass is 79.9. The monoisotopic (exact) mass is 438 g/mol. The van der Waals surface area contributed by atoms with Gasteiger partial charge in [0, 0.05) is 43.1 Å². The van der Waals surface area contributed by atoms with Crippen molar-refractivity contribution in [3.63, 3.8) is 0 Å². The maximum Gasteiger partial charge on any atom is 0.0728 e. The molecule has 24 heavy (non-hydrogen) atoms. The zero-order valence-corrected chi connectivity index (χ0v) is 17.3. The molecule has 1 aliphatic carbocycles. The van der Waals surface area contributed by atoms with Crippen molar-refractivity contribution in [3.8, 4) is 0 Å². The molecule has 0 spiro atoms. The van der Waals surface area contributed by atoms with Gasteiger partial charge in [-0.3, -0.25) is 0 Å². The maximum atomic E-state index is 11.3. The fourth-order valence-corrected chi connectivity index (χ4v) is 4.21. The standard InChI is InChI=1S/C18H27BrN2O.2ClH/c19-16-6-4-15(5-7-16)17(14-21-12-10-20-11-13-21)18(22)8-2-1-3-9-18;;/h4-7,17,20,22H,1-3,8-14H2;2*1H. The number of hydrogen-bond donors (Lipinski definition) is 2. The van der Waals surface area contributed by atoms with E-state index in [2.05, 4.69) is 50.4 Å². The van der Waals surface area contributed by atoms with Crippen molar-refractivity contribution in [2.45, 2.75) is 43.6 Å². The number of hydrogen-bond acceptors (Lipinski definition) is 3. The van der Waals surface area contributed by atoms with E-state index in [4.69, 9.17) is 0 Å². The number of benzene rings is 1. The van der Waals surface area contributed by atoms with Gasteiger partial charge >= 0.3 is 0 Å². The fraction of sp³-hybridized carbons (Fsp3) is 0.667. The van der Waals surface area contributed by atoms with Gasteiger partial charge in [0.1, 0.15) is 0 Å². The molecule has 2 N–H and O–H groups in total. The van der Waals surface area contributed by atoms with Crippen LogP contribution in [0.3, 0.4) is 0 Å². The van der Waals surface area contributed by atoms with Crippen LogP contribution in [0.5, 0.6) is 0 Å². The SMILES string of the molecule is Cl.Cl.OC1(C(CN2CCNCC2)c2ccc(Br)cc2)CCCCC1. The first-order chi connectivity index (χ1) is 10.7. The van der Waals surface area contributed by atoms with Crippen molar-refractivity contribution in [1.82, 2.24) is 10.2 Å². The third-order valence-electron chi connectivity index (χ3n) is 5.29. The van der Waals surface area contributed by atoms with Gasteiger partial charge in [0.25, 0.3) is 0 Å². The summed E-state index contributed by atoms with van der Waals surface area (Å²) in [6.07, 6.45) is 5.47. The van der Waals surface area contributed by atoms with E-state index in [0.717, 1.165) is 62.9 Å². The van der Waals surface area contributed by atoms with Crippen LogP contribution in [-0.4, -0.2) is 48.3 Å². The molecule has 0 bridgehead atoms. The van der Waals surface area contributed by atoms with Gasteiger partial charge in [-0.15, -0.1) is 24.8 Å². The van der Waals surface area contributed by atoms with Crippen LogP contribution >= 0.6 is 40.7 Å². The Balaban J connectivity index is 0.00000144. The molecule has 1 atom stereocenters. The zero-order valence-electron chi connectivity index (χ0n) is 14.0.